The van der Waals surface area contributed by atoms with E-state index in [2.05, 4.69) is 21.7 Å². The van der Waals surface area contributed by atoms with Crippen molar-refractivity contribution in [2.75, 3.05) is 0 Å². The van der Waals surface area contributed by atoms with Crippen LogP contribution >= 0.6 is 11.3 Å². The lowest BCUT2D eigenvalue weighted by molar-refractivity contribution is 0.192. The quantitative estimate of drug-likeness (QED) is 0.609. The number of hydrogen-bond donors (Lipinski definition) is 1. The zero-order valence-electron chi connectivity index (χ0n) is 15.6. The lowest BCUT2D eigenvalue weighted by atomic mass is 10.2. The number of nitrogens with one attached hydrogen (secondary N) is 1. The van der Waals surface area contributed by atoms with Crippen LogP contribution in [0, 0.1) is 0 Å². The maximum atomic E-state index is 12.6. The van der Waals surface area contributed by atoms with Crippen LogP contribution in [0.15, 0.2) is 66.2 Å². The molecule has 0 saturated heterocycles. The van der Waals surface area contributed by atoms with E-state index in [4.69, 9.17) is 4.74 Å². The minimum Gasteiger partial charge on any atom is -0.487 e. The summed E-state index contributed by atoms with van der Waals surface area (Å²) in [5, 5.41) is 5.10. The minimum atomic E-state index is 0.00591. The van der Waals surface area contributed by atoms with E-state index in [0.717, 1.165) is 29.8 Å². The Morgan fingerprint density at radius 1 is 1.14 bits per heavy atom. The topological polar surface area (TPSA) is 54.5 Å². The standard InChI is InChI=1S/C22H23N3O2S/c26-22(25(19-8-9-19)15-21-5-3-13-28-21)24-14-17-6-10-20(11-7-17)27-16-18-4-1-2-12-23-18/h1-7,10-13,19H,8-9,14-16H2,(H,24,26). The average molecular weight is 394 g/mol. The van der Waals surface area contributed by atoms with Crippen LogP contribution < -0.4 is 10.1 Å². The molecule has 4 rings (SSSR count). The van der Waals surface area contributed by atoms with Crippen LogP contribution in [-0.2, 0) is 19.7 Å². The molecule has 1 saturated carbocycles. The molecule has 0 atom stereocenters. The number of ether oxygens (including phenoxy) is 1. The molecule has 5 nitrogen and oxygen atoms in total. The fourth-order valence-electron chi connectivity index (χ4n) is 2.95. The second-order valence-electron chi connectivity index (χ2n) is 6.85. The third-order valence-electron chi connectivity index (χ3n) is 4.63. The maximum absolute atomic E-state index is 12.6. The van der Waals surface area contributed by atoms with Crippen molar-refractivity contribution in [3.63, 3.8) is 0 Å². The molecule has 0 unspecified atom stereocenters. The summed E-state index contributed by atoms with van der Waals surface area (Å²) in [4.78, 5) is 20.1. The van der Waals surface area contributed by atoms with Crippen LogP contribution in [-0.4, -0.2) is 22.0 Å². The van der Waals surface area contributed by atoms with Crippen molar-refractivity contribution in [1.29, 1.82) is 0 Å². The van der Waals surface area contributed by atoms with E-state index in [9.17, 15) is 4.79 Å². The summed E-state index contributed by atoms with van der Waals surface area (Å²) in [6.07, 6.45) is 3.95. The zero-order chi connectivity index (χ0) is 19.2. The Morgan fingerprint density at radius 3 is 2.68 bits per heavy atom. The summed E-state index contributed by atoms with van der Waals surface area (Å²) >= 11 is 1.69. The van der Waals surface area contributed by atoms with Crippen molar-refractivity contribution >= 4 is 17.4 Å². The summed E-state index contributed by atoms with van der Waals surface area (Å²) in [7, 11) is 0. The van der Waals surface area contributed by atoms with Gasteiger partial charge in [-0.1, -0.05) is 24.3 Å². The predicted molar refractivity (Wildman–Crippen MR) is 110 cm³/mol. The number of carbonyl (C=O) groups excluding carboxylic acids is 1. The fraction of sp³-hybridized carbons (Fsp3) is 0.273. The molecule has 28 heavy (non-hydrogen) atoms. The zero-order valence-corrected chi connectivity index (χ0v) is 16.4. The summed E-state index contributed by atoms with van der Waals surface area (Å²) in [5.41, 5.74) is 1.94. The molecule has 144 valence electrons. The van der Waals surface area contributed by atoms with Crippen molar-refractivity contribution in [3.8, 4) is 5.75 Å². The predicted octanol–water partition coefficient (Wildman–Crippen LogP) is 4.60. The molecule has 0 radical (unpaired) electrons. The van der Waals surface area contributed by atoms with Gasteiger partial charge in [0.15, 0.2) is 0 Å². The summed E-state index contributed by atoms with van der Waals surface area (Å²) in [6.45, 7) is 1.64. The molecule has 1 fully saturated rings. The monoisotopic (exact) mass is 393 g/mol. The van der Waals surface area contributed by atoms with Gasteiger partial charge in [0.25, 0.3) is 0 Å². The van der Waals surface area contributed by atoms with Crippen molar-refractivity contribution in [1.82, 2.24) is 15.2 Å². The molecule has 6 heteroatoms. The van der Waals surface area contributed by atoms with Gasteiger partial charge in [0, 0.05) is 23.7 Å². The first-order valence-electron chi connectivity index (χ1n) is 9.46. The molecule has 0 spiro atoms. The third-order valence-corrected chi connectivity index (χ3v) is 5.50. The van der Waals surface area contributed by atoms with Crippen LogP contribution in [0.2, 0.25) is 0 Å². The van der Waals surface area contributed by atoms with Gasteiger partial charge >= 0.3 is 6.03 Å². The highest BCUT2D eigenvalue weighted by Crippen LogP contribution is 2.29. The number of urea groups is 1. The van der Waals surface area contributed by atoms with Gasteiger partial charge in [0.2, 0.25) is 0 Å². The first kappa shape index (κ1) is 18.5. The lowest BCUT2D eigenvalue weighted by Crippen LogP contribution is -2.40. The van der Waals surface area contributed by atoms with Crippen LogP contribution in [0.25, 0.3) is 0 Å². The van der Waals surface area contributed by atoms with E-state index < -0.39 is 0 Å². The van der Waals surface area contributed by atoms with Gasteiger partial charge in [-0.15, -0.1) is 11.3 Å². The van der Waals surface area contributed by atoms with Gasteiger partial charge in [-0.3, -0.25) is 4.98 Å². The number of aromatic nitrogens is 1. The van der Waals surface area contributed by atoms with E-state index in [1.165, 1.54) is 4.88 Å². The van der Waals surface area contributed by atoms with Crippen molar-refractivity contribution in [3.05, 3.63) is 82.3 Å². The SMILES string of the molecule is O=C(NCc1ccc(OCc2ccccn2)cc1)N(Cc1cccs1)C1CC1. The number of pyridine rings is 1. The Kier molecular flexibility index (Phi) is 5.87. The van der Waals surface area contributed by atoms with E-state index in [1.54, 1.807) is 17.5 Å². The number of thiophene rings is 1. The maximum Gasteiger partial charge on any atom is 0.318 e. The Labute approximate surface area is 169 Å². The van der Waals surface area contributed by atoms with Crippen LogP contribution in [0.1, 0.15) is 29.0 Å². The van der Waals surface area contributed by atoms with E-state index in [1.807, 2.05) is 53.4 Å². The Bertz CT molecular complexity index is 878. The number of benzene rings is 1. The largest absolute Gasteiger partial charge is 0.487 e. The lowest BCUT2D eigenvalue weighted by Gasteiger charge is -2.22. The van der Waals surface area contributed by atoms with Gasteiger partial charge in [-0.05, 0) is 54.1 Å². The summed E-state index contributed by atoms with van der Waals surface area (Å²) in [6, 6.07) is 18.1. The number of amides is 2. The van der Waals surface area contributed by atoms with Gasteiger partial charge in [0.05, 0.1) is 12.2 Å². The average Bonchev–Trinajstić information content (AvgIpc) is 3.45. The second-order valence-corrected chi connectivity index (χ2v) is 7.88. The molecule has 0 aliphatic heterocycles. The molecule has 2 aromatic heterocycles. The number of rotatable bonds is 8. The molecule has 1 aromatic carbocycles. The third kappa shape index (κ3) is 5.10. The first-order chi connectivity index (χ1) is 13.8. The van der Waals surface area contributed by atoms with Gasteiger partial charge in [-0.25, -0.2) is 4.79 Å². The molecule has 1 aliphatic carbocycles. The molecular formula is C22H23N3O2S. The highest BCUT2D eigenvalue weighted by Gasteiger charge is 2.32. The minimum absolute atomic E-state index is 0.00591. The van der Waals surface area contributed by atoms with E-state index in [-0.39, 0.29) is 6.03 Å². The van der Waals surface area contributed by atoms with Crippen molar-refractivity contribution in [2.24, 2.45) is 0 Å². The Morgan fingerprint density at radius 2 is 2.00 bits per heavy atom. The normalized spacial score (nSPS) is 13.1. The molecular weight excluding hydrogens is 370 g/mol. The highest BCUT2D eigenvalue weighted by atomic mass is 32.1. The van der Waals surface area contributed by atoms with E-state index >= 15 is 0 Å². The highest BCUT2D eigenvalue weighted by molar-refractivity contribution is 7.09. The molecule has 1 N–H and O–H groups in total. The van der Waals surface area contributed by atoms with Gasteiger partial charge < -0.3 is 15.0 Å². The van der Waals surface area contributed by atoms with Crippen LogP contribution in [0.4, 0.5) is 4.79 Å². The van der Waals surface area contributed by atoms with Gasteiger partial charge in [0.1, 0.15) is 12.4 Å². The number of nitrogens with zero attached hydrogens (tertiary/aromatic N) is 2. The van der Waals surface area contributed by atoms with Crippen molar-refractivity contribution < 1.29 is 9.53 Å². The smallest absolute Gasteiger partial charge is 0.318 e. The van der Waals surface area contributed by atoms with Crippen molar-refractivity contribution in [2.45, 2.75) is 38.6 Å². The Hall–Kier alpha value is -2.86. The number of carbonyl (C=O) groups is 1. The Balaban J connectivity index is 1.27. The second kappa shape index (κ2) is 8.89. The summed E-state index contributed by atoms with van der Waals surface area (Å²) < 4.78 is 5.75. The molecule has 3 aromatic rings. The van der Waals surface area contributed by atoms with Crippen LogP contribution in [0.5, 0.6) is 5.75 Å². The molecule has 1 aliphatic rings. The van der Waals surface area contributed by atoms with Crippen LogP contribution in [0.3, 0.4) is 0 Å². The number of hydrogen-bond acceptors (Lipinski definition) is 4. The fourth-order valence-corrected chi connectivity index (χ4v) is 3.65. The molecule has 2 amide bonds. The molecule has 0 bridgehead atoms. The summed E-state index contributed by atoms with van der Waals surface area (Å²) in [5.74, 6) is 0.790. The van der Waals surface area contributed by atoms with E-state index in [0.29, 0.717) is 25.7 Å². The first-order valence-corrected chi connectivity index (χ1v) is 10.3. The molecule has 2 heterocycles. The van der Waals surface area contributed by atoms with Gasteiger partial charge in [-0.2, -0.15) is 0 Å².